The number of aromatic nitrogens is 1. The molecule has 2 rings (SSSR count). The van der Waals surface area contributed by atoms with Crippen LogP contribution in [0, 0.1) is 6.92 Å². The van der Waals surface area contributed by atoms with Gasteiger partial charge in [-0.05, 0) is 39.8 Å². The number of carbonyl (C=O) groups is 2. The Kier molecular flexibility index (Phi) is 5.00. The van der Waals surface area contributed by atoms with E-state index in [0.717, 1.165) is 0 Å². The van der Waals surface area contributed by atoms with Crippen LogP contribution in [-0.2, 0) is 4.74 Å². The molecular weight excluding hydrogens is 314 g/mol. The summed E-state index contributed by atoms with van der Waals surface area (Å²) in [5.74, 6) is -0.261. The fourth-order valence-corrected chi connectivity index (χ4v) is 2.51. The first kappa shape index (κ1) is 17.0. The number of carbonyl (C=O) groups excluding carboxylic acids is 2. The van der Waals surface area contributed by atoms with Crippen molar-refractivity contribution in [2.45, 2.75) is 33.3 Å². The van der Waals surface area contributed by atoms with Gasteiger partial charge in [0.25, 0.3) is 5.91 Å². The number of para-hydroxylation sites is 2. The second-order valence-corrected chi connectivity index (χ2v) is 6.75. The van der Waals surface area contributed by atoms with E-state index in [-0.39, 0.29) is 5.91 Å². The zero-order valence-corrected chi connectivity index (χ0v) is 14.3. The number of benzene rings is 1. The predicted molar refractivity (Wildman–Crippen MR) is 91.1 cm³/mol. The van der Waals surface area contributed by atoms with Gasteiger partial charge >= 0.3 is 6.09 Å². The smallest absolute Gasteiger partial charge is 0.412 e. The first-order chi connectivity index (χ1) is 10.8. The van der Waals surface area contributed by atoms with E-state index in [4.69, 9.17) is 4.74 Å². The SMILES string of the molecule is Cc1ncsc1C(=O)Nc1ccccc1NC(=O)OC(C)(C)C. The average molecular weight is 333 g/mol. The molecule has 0 atom stereocenters. The van der Waals surface area contributed by atoms with Crippen LogP contribution in [0.4, 0.5) is 16.2 Å². The molecule has 0 aliphatic rings. The van der Waals surface area contributed by atoms with Crippen molar-refractivity contribution >= 4 is 34.7 Å². The minimum atomic E-state index is -0.595. The van der Waals surface area contributed by atoms with Gasteiger partial charge in [0.1, 0.15) is 10.5 Å². The lowest BCUT2D eigenvalue weighted by atomic mass is 10.2. The van der Waals surface area contributed by atoms with Gasteiger partial charge < -0.3 is 10.1 Å². The Labute approximate surface area is 138 Å². The highest BCUT2D eigenvalue weighted by Crippen LogP contribution is 2.24. The van der Waals surface area contributed by atoms with Crippen molar-refractivity contribution in [3.63, 3.8) is 0 Å². The molecule has 6 nitrogen and oxygen atoms in total. The Balaban J connectivity index is 2.13. The minimum absolute atomic E-state index is 0.261. The number of hydrogen-bond donors (Lipinski definition) is 2. The lowest BCUT2D eigenvalue weighted by Crippen LogP contribution is -2.27. The number of rotatable bonds is 3. The van der Waals surface area contributed by atoms with Crippen LogP contribution >= 0.6 is 11.3 Å². The monoisotopic (exact) mass is 333 g/mol. The lowest BCUT2D eigenvalue weighted by molar-refractivity contribution is 0.0635. The summed E-state index contributed by atoms with van der Waals surface area (Å²) in [5, 5.41) is 5.43. The first-order valence-electron chi connectivity index (χ1n) is 7.07. The van der Waals surface area contributed by atoms with Gasteiger partial charge in [0, 0.05) is 0 Å². The Morgan fingerprint density at radius 3 is 2.26 bits per heavy atom. The summed E-state index contributed by atoms with van der Waals surface area (Å²) in [6.45, 7) is 7.13. The Bertz CT molecular complexity index is 719. The van der Waals surface area contributed by atoms with Crippen LogP contribution < -0.4 is 10.6 Å². The van der Waals surface area contributed by atoms with Crippen molar-refractivity contribution in [1.82, 2.24) is 4.98 Å². The molecule has 0 fully saturated rings. The van der Waals surface area contributed by atoms with Gasteiger partial charge in [-0.1, -0.05) is 12.1 Å². The van der Waals surface area contributed by atoms with Crippen molar-refractivity contribution < 1.29 is 14.3 Å². The molecule has 2 amide bonds. The number of aryl methyl sites for hydroxylation is 1. The summed E-state index contributed by atoms with van der Waals surface area (Å²) in [4.78, 5) is 28.8. The van der Waals surface area contributed by atoms with Gasteiger partial charge in [-0.25, -0.2) is 9.78 Å². The molecule has 0 aliphatic heterocycles. The molecule has 1 aromatic carbocycles. The predicted octanol–water partition coefficient (Wildman–Crippen LogP) is 4.05. The van der Waals surface area contributed by atoms with E-state index in [2.05, 4.69) is 15.6 Å². The van der Waals surface area contributed by atoms with Gasteiger partial charge in [0.2, 0.25) is 0 Å². The van der Waals surface area contributed by atoms with Gasteiger partial charge in [-0.3, -0.25) is 10.1 Å². The van der Waals surface area contributed by atoms with Crippen molar-refractivity contribution in [3.05, 3.63) is 40.3 Å². The largest absolute Gasteiger partial charge is 0.444 e. The van der Waals surface area contributed by atoms with Crippen LogP contribution in [0.25, 0.3) is 0 Å². The van der Waals surface area contributed by atoms with Crippen LogP contribution in [0.3, 0.4) is 0 Å². The molecule has 0 unspecified atom stereocenters. The topological polar surface area (TPSA) is 80.3 Å². The average Bonchev–Trinajstić information content (AvgIpc) is 2.85. The summed E-state index contributed by atoms with van der Waals surface area (Å²) in [7, 11) is 0. The zero-order chi connectivity index (χ0) is 17.0. The molecule has 122 valence electrons. The Morgan fingerprint density at radius 1 is 1.13 bits per heavy atom. The molecule has 1 heterocycles. The maximum Gasteiger partial charge on any atom is 0.412 e. The summed E-state index contributed by atoms with van der Waals surface area (Å²) in [5.41, 5.74) is 2.66. The van der Waals surface area contributed by atoms with Gasteiger partial charge in [0.15, 0.2) is 0 Å². The number of thiazole rings is 1. The van der Waals surface area contributed by atoms with Crippen molar-refractivity contribution in [2.75, 3.05) is 10.6 Å². The Morgan fingerprint density at radius 2 is 1.74 bits per heavy atom. The normalized spacial score (nSPS) is 11.0. The molecule has 0 bridgehead atoms. The molecular formula is C16H19N3O3S. The summed E-state index contributed by atoms with van der Waals surface area (Å²) < 4.78 is 5.22. The van der Waals surface area contributed by atoms with Crippen molar-refractivity contribution in [2.24, 2.45) is 0 Å². The summed E-state index contributed by atoms with van der Waals surface area (Å²) >= 11 is 1.27. The van der Waals surface area contributed by atoms with E-state index >= 15 is 0 Å². The van der Waals surface area contributed by atoms with Crippen LogP contribution in [0.5, 0.6) is 0 Å². The Hall–Kier alpha value is -2.41. The first-order valence-corrected chi connectivity index (χ1v) is 7.95. The van der Waals surface area contributed by atoms with Crippen LogP contribution in [0.2, 0.25) is 0 Å². The zero-order valence-electron chi connectivity index (χ0n) is 13.5. The van der Waals surface area contributed by atoms with Crippen LogP contribution in [-0.4, -0.2) is 22.6 Å². The fraction of sp³-hybridized carbons (Fsp3) is 0.312. The number of nitrogens with one attached hydrogen (secondary N) is 2. The molecule has 1 aromatic heterocycles. The second kappa shape index (κ2) is 6.78. The maximum absolute atomic E-state index is 12.3. The number of ether oxygens (including phenoxy) is 1. The summed E-state index contributed by atoms with van der Waals surface area (Å²) in [6, 6.07) is 6.94. The summed E-state index contributed by atoms with van der Waals surface area (Å²) in [6.07, 6.45) is -0.576. The number of nitrogens with zero attached hydrogens (tertiary/aromatic N) is 1. The molecule has 23 heavy (non-hydrogen) atoms. The van der Waals surface area contributed by atoms with E-state index in [9.17, 15) is 9.59 Å². The van der Waals surface area contributed by atoms with E-state index < -0.39 is 11.7 Å². The molecule has 0 saturated carbocycles. The van der Waals surface area contributed by atoms with E-state index in [1.54, 1.807) is 57.5 Å². The van der Waals surface area contributed by atoms with E-state index in [0.29, 0.717) is 21.9 Å². The highest BCUT2D eigenvalue weighted by atomic mass is 32.1. The van der Waals surface area contributed by atoms with Gasteiger partial charge in [-0.15, -0.1) is 11.3 Å². The third kappa shape index (κ3) is 4.79. The molecule has 2 N–H and O–H groups in total. The molecule has 0 radical (unpaired) electrons. The van der Waals surface area contributed by atoms with Crippen molar-refractivity contribution in [1.29, 1.82) is 0 Å². The molecule has 0 aliphatic carbocycles. The third-order valence-electron chi connectivity index (χ3n) is 2.76. The number of hydrogen-bond acceptors (Lipinski definition) is 5. The molecule has 2 aromatic rings. The minimum Gasteiger partial charge on any atom is -0.444 e. The number of anilines is 2. The lowest BCUT2D eigenvalue weighted by Gasteiger charge is -2.20. The molecule has 0 spiro atoms. The van der Waals surface area contributed by atoms with Crippen molar-refractivity contribution in [3.8, 4) is 0 Å². The highest BCUT2D eigenvalue weighted by Gasteiger charge is 2.18. The van der Waals surface area contributed by atoms with E-state index in [1.807, 2.05) is 0 Å². The third-order valence-corrected chi connectivity index (χ3v) is 3.69. The standard InChI is InChI=1S/C16H19N3O3S/c1-10-13(23-9-17-10)14(20)18-11-7-5-6-8-12(11)19-15(21)22-16(2,3)4/h5-9H,1-4H3,(H,18,20)(H,19,21). The van der Waals surface area contributed by atoms with Crippen LogP contribution in [0.1, 0.15) is 36.1 Å². The fourth-order valence-electron chi connectivity index (χ4n) is 1.81. The van der Waals surface area contributed by atoms with E-state index in [1.165, 1.54) is 11.3 Å². The number of amides is 2. The second-order valence-electron chi connectivity index (χ2n) is 5.89. The maximum atomic E-state index is 12.3. The van der Waals surface area contributed by atoms with Gasteiger partial charge in [-0.2, -0.15) is 0 Å². The highest BCUT2D eigenvalue weighted by molar-refractivity contribution is 7.12. The molecule has 7 heteroatoms. The van der Waals surface area contributed by atoms with Gasteiger partial charge in [0.05, 0.1) is 22.6 Å². The van der Waals surface area contributed by atoms with Crippen LogP contribution in [0.15, 0.2) is 29.8 Å². The quantitative estimate of drug-likeness (QED) is 0.888. The molecule has 0 saturated heterocycles.